The van der Waals surface area contributed by atoms with Crippen molar-refractivity contribution >= 4 is 16.9 Å². The van der Waals surface area contributed by atoms with Crippen LogP contribution in [0.2, 0.25) is 0 Å². The van der Waals surface area contributed by atoms with Crippen LogP contribution in [0.5, 0.6) is 5.75 Å². The van der Waals surface area contributed by atoms with Crippen LogP contribution in [0.15, 0.2) is 27.4 Å². The SMILES string of the molecule is CC[C@@H](C)[C@@H](CO)NC(=O)Cc1c(C)c2ccc(O)cc2oc1=O. The van der Waals surface area contributed by atoms with E-state index < -0.39 is 5.63 Å². The van der Waals surface area contributed by atoms with E-state index in [1.165, 1.54) is 12.1 Å². The third-order valence-corrected chi connectivity index (χ3v) is 4.48. The Morgan fingerprint density at radius 2 is 2.08 bits per heavy atom. The lowest BCUT2D eigenvalue weighted by Crippen LogP contribution is -2.43. The summed E-state index contributed by atoms with van der Waals surface area (Å²) in [5.41, 5.74) is 0.631. The molecule has 0 spiro atoms. The van der Waals surface area contributed by atoms with Crippen molar-refractivity contribution in [1.82, 2.24) is 5.32 Å². The van der Waals surface area contributed by atoms with Gasteiger partial charge in [0.2, 0.25) is 5.91 Å². The van der Waals surface area contributed by atoms with Crippen molar-refractivity contribution in [3.8, 4) is 5.75 Å². The van der Waals surface area contributed by atoms with Crippen LogP contribution < -0.4 is 10.9 Å². The number of amides is 1. The van der Waals surface area contributed by atoms with Gasteiger partial charge in [-0.05, 0) is 30.5 Å². The Morgan fingerprint density at radius 3 is 2.71 bits per heavy atom. The Morgan fingerprint density at radius 1 is 1.38 bits per heavy atom. The molecule has 1 heterocycles. The minimum atomic E-state index is -0.593. The summed E-state index contributed by atoms with van der Waals surface area (Å²) in [7, 11) is 0. The normalized spacial score (nSPS) is 13.7. The maximum atomic E-state index is 12.3. The number of benzene rings is 1. The monoisotopic (exact) mass is 333 g/mol. The van der Waals surface area contributed by atoms with E-state index >= 15 is 0 Å². The molecule has 0 radical (unpaired) electrons. The number of nitrogens with one attached hydrogen (secondary N) is 1. The van der Waals surface area contributed by atoms with Crippen LogP contribution in [0.4, 0.5) is 0 Å². The molecule has 2 aromatic rings. The predicted octanol–water partition coefficient (Wildman–Crippen LogP) is 1.87. The van der Waals surface area contributed by atoms with Gasteiger partial charge in [-0.3, -0.25) is 4.79 Å². The summed E-state index contributed by atoms with van der Waals surface area (Å²) in [5, 5.41) is 22.3. The number of rotatable bonds is 6. The van der Waals surface area contributed by atoms with E-state index in [1.54, 1.807) is 13.0 Å². The molecule has 6 nitrogen and oxygen atoms in total. The van der Waals surface area contributed by atoms with Gasteiger partial charge in [0, 0.05) is 11.5 Å². The third kappa shape index (κ3) is 3.76. The molecule has 1 aromatic heterocycles. The van der Waals surface area contributed by atoms with Crippen LogP contribution >= 0.6 is 0 Å². The zero-order chi connectivity index (χ0) is 17.9. The average molecular weight is 333 g/mol. The third-order valence-electron chi connectivity index (χ3n) is 4.48. The van der Waals surface area contributed by atoms with Crippen LogP contribution in [0.3, 0.4) is 0 Å². The van der Waals surface area contributed by atoms with Crippen LogP contribution in [0.25, 0.3) is 11.0 Å². The molecule has 1 aromatic carbocycles. The van der Waals surface area contributed by atoms with Crippen molar-refractivity contribution in [3.63, 3.8) is 0 Å². The van der Waals surface area contributed by atoms with Crippen molar-refractivity contribution in [1.29, 1.82) is 0 Å². The van der Waals surface area contributed by atoms with E-state index in [4.69, 9.17) is 4.42 Å². The van der Waals surface area contributed by atoms with Gasteiger partial charge in [-0.2, -0.15) is 0 Å². The Kier molecular flexibility index (Phi) is 5.62. The standard InChI is InChI=1S/C18H23NO5/c1-4-10(2)15(9-20)19-17(22)8-14-11(3)13-6-5-12(21)7-16(13)24-18(14)23/h5-7,10,15,20-21H,4,8-9H2,1-3H3,(H,19,22)/t10-,15-/m1/s1. The minimum Gasteiger partial charge on any atom is -0.508 e. The van der Waals surface area contributed by atoms with Gasteiger partial charge in [-0.15, -0.1) is 0 Å². The maximum Gasteiger partial charge on any atom is 0.340 e. The van der Waals surface area contributed by atoms with E-state index in [1.807, 2.05) is 13.8 Å². The van der Waals surface area contributed by atoms with Crippen molar-refractivity contribution in [2.24, 2.45) is 5.92 Å². The zero-order valence-electron chi connectivity index (χ0n) is 14.1. The topological polar surface area (TPSA) is 99.8 Å². The van der Waals surface area contributed by atoms with E-state index in [0.29, 0.717) is 10.9 Å². The number of carbonyl (C=O) groups is 1. The number of carbonyl (C=O) groups excluding carboxylic acids is 1. The van der Waals surface area contributed by atoms with Gasteiger partial charge in [0.1, 0.15) is 11.3 Å². The highest BCUT2D eigenvalue weighted by Gasteiger charge is 2.20. The number of aryl methyl sites for hydroxylation is 1. The molecule has 0 aliphatic rings. The van der Waals surface area contributed by atoms with Crippen molar-refractivity contribution in [3.05, 3.63) is 39.7 Å². The highest BCUT2D eigenvalue weighted by molar-refractivity contribution is 5.85. The second-order valence-corrected chi connectivity index (χ2v) is 6.09. The number of aliphatic hydroxyl groups excluding tert-OH is 1. The van der Waals surface area contributed by atoms with Crippen molar-refractivity contribution in [2.45, 2.75) is 39.7 Å². The molecule has 0 saturated carbocycles. The van der Waals surface area contributed by atoms with Crippen molar-refractivity contribution < 1.29 is 19.4 Å². The molecule has 1 amide bonds. The molecular formula is C18H23NO5. The summed E-state index contributed by atoms with van der Waals surface area (Å²) >= 11 is 0. The van der Waals surface area contributed by atoms with Gasteiger partial charge < -0.3 is 19.9 Å². The summed E-state index contributed by atoms with van der Waals surface area (Å²) in [6.07, 6.45) is 0.712. The highest BCUT2D eigenvalue weighted by atomic mass is 16.4. The first-order valence-corrected chi connectivity index (χ1v) is 8.02. The van der Waals surface area contributed by atoms with Crippen LogP contribution in [-0.4, -0.2) is 28.8 Å². The summed E-state index contributed by atoms with van der Waals surface area (Å²) in [6.45, 7) is 5.53. The molecule has 0 bridgehead atoms. The van der Waals surface area contributed by atoms with Crippen LogP contribution in [-0.2, 0) is 11.2 Å². The minimum absolute atomic E-state index is 0.00915. The fraction of sp³-hybridized carbons (Fsp3) is 0.444. The lowest BCUT2D eigenvalue weighted by atomic mass is 9.99. The number of hydrogen-bond acceptors (Lipinski definition) is 5. The first kappa shape index (κ1) is 18.0. The number of fused-ring (bicyclic) bond motifs is 1. The quantitative estimate of drug-likeness (QED) is 0.701. The van der Waals surface area contributed by atoms with Gasteiger partial charge in [-0.1, -0.05) is 20.3 Å². The molecule has 6 heteroatoms. The molecule has 24 heavy (non-hydrogen) atoms. The molecule has 0 aliphatic heterocycles. The summed E-state index contributed by atoms with van der Waals surface area (Å²) < 4.78 is 5.21. The molecule has 0 saturated heterocycles. The molecule has 130 valence electrons. The molecular weight excluding hydrogens is 310 g/mol. The smallest absolute Gasteiger partial charge is 0.340 e. The van der Waals surface area contributed by atoms with Gasteiger partial charge >= 0.3 is 5.63 Å². The highest BCUT2D eigenvalue weighted by Crippen LogP contribution is 2.23. The fourth-order valence-electron chi connectivity index (χ4n) is 2.66. The Labute approximate surface area is 140 Å². The summed E-state index contributed by atoms with van der Waals surface area (Å²) in [4.78, 5) is 24.4. The molecule has 2 rings (SSSR count). The molecule has 0 fully saturated rings. The molecule has 2 atom stereocenters. The lowest BCUT2D eigenvalue weighted by Gasteiger charge is -2.22. The zero-order valence-corrected chi connectivity index (χ0v) is 14.1. The van der Waals surface area contributed by atoms with E-state index in [9.17, 15) is 19.8 Å². The number of aromatic hydroxyl groups is 1. The summed E-state index contributed by atoms with van der Waals surface area (Å²) in [6, 6.07) is 4.19. The number of phenolic OH excluding ortho intramolecular Hbond substituents is 1. The first-order chi connectivity index (χ1) is 11.4. The van der Waals surface area contributed by atoms with Crippen LogP contribution in [0, 0.1) is 12.8 Å². The number of phenols is 1. The Balaban J connectivity index is 2.28. The second-order valence-electron chi connectivity index (χ2n) is 6.09. The second kappa shape index (κ2) is 7.49. The average Bonchev–Trinajstić information content (AvgIpc) is 2.55. The molecule has 0 aliphatic carbocycles. The fourth-order valence-corrected chi connectivity index (χ4v) is 2.66. The van der Waals surface area contributed by atoms with Gasteiger partial charge in [0.05, 0.1) is 24.6 Å². The maximum absolute atomic E-state index is 12.3. The molecule has 3 N–H and O–H groups in total. The van der Waals surface area contributed by atoms with Gasteiger partial charge in [0.25, 0.3) is 0 Å². The summed E-state index contributed by atoms with van der Waals surface area (Å²) in [5.74, 6) is -0.186. The van der Waals surface area contributed by atoms with Crippen molar-refractivity contribution in [2.75, 3.05) is 6.61 Å². The number of aliphatic hydroxyl groups is 1. The first-order valence-electron chi connectivity index (χ1n) is 8.02. The Hall–Kier alpha value is -2.34. The lowest BCUT2D eigenvalue weighted by molar-refractivity contribution is -0.121. The van der Waals surface area contributed by atoms with E-state index in [-0.39, 0.29) is 47.8 Å². The largest absolute Gasteiger partial charge is 0.508 e. The van der Waals surface area contributed by atoms with E-state index in [0.717, 1.165) is 6.42 Å². The Bertz CT molecular complexity index is 796. The van der Waals surface area contributed by atoms with E-state index in [2.05, 4.69) is 5.32 Å². The number of hydrogen-bond donors (Lipinski definition) is 3. The predicted molar refractivity (Wildman–Crippen MR) is 91.1 cm³/mol. The van der Waals surface area contributed by atoms with Gasteiger partial charge in [-0.25, -0.2) is 4.79 Å². The van der Waals surface area contributed by atoms with Gasteiger partial charge in [0.15, 0.2) is 0 Å². The van der Waals surface area contributed by atoms with Crippen LogP contribution in [0.1, 0.15) is 31.4 Å². The molecule has 0 unspecified atom stereocenters.